The zero-order valence-electron chi connectivity index (χ0n) is 11.3. The second kappa shape index (κ2) is 6.07. The second-order valence-corrected chi connectivity index (χ2v) is 6.06. The number of hydrogen-bond acceptors (Lipinski definition) is 3. The third-order valence-corrected chi connectivity index (χ3v) is 4.11. The van der Waals surface area contributed by atoms with E-state index in [2.05, 4.69) is 24.2 Å². The fourth-order valence-electron chi connectivity index (χ4n) is 2.12. The Balaban J connectivity index is 2.00. The van der Waals surface area contributed by atoms with E-state index in [1.54, 1.807) is 0 Å². The van der Waals surface area contributed by atoms with Gasteiger partial charge in [-0.15, -0.1) is 0 Å². The fourth-order valence-corrected chi connectivity index (χ4v) is 2.46. The number of rotatable bonds is 6. The monoisotopic (exact) mass is 297 g/mol. The standard InChI is InChI=1S/C14H20ClN3S/c1-9(18(2)11-4-5-11)8-17-13-6-3-10(15)7-12(13)14(16)19/h3,6-7,9,11,17H,4-5,8H2,1-2H3,(H2,16,19). The molecule has 0 bridgehead atoms. The lowest BCUT2D eigenvalue weighted by atomic mass is 10.1. The third kappa shape index (κ3) is 3.81. The second-order valence-electron chi connectivity index (χ2n) is 5.18. The van der Waals surface area contributed by atoms with Crippen LogP contribution in [0.3, 0.4) is 0 Å². The summed E-state index contributed by atoms with van der Waals surface area (Å²) in [5.74, 6) is 0. The number of nitrogens with one attached hydrogen (secondary N) is 1. The Hall–Kier alpha value is -0.840. The molecule has 0 spiro atoms. The van der Waals surface area contributed by atoms with Crippen molar-refractivity contribution in [1.29, 1.82) is 0 Å². The molecule has 3 nitrogen and oxygen atoms in total. The number of nitrogens with zero attached hydrogens (tertiary/aromatic N) is 1. The van der Waals surface area contributed by atoms with Gasteiger partial charge in [0.25, 0.3) is 0 Å². The van der Waals surface area contributed by atoms with Crippen LogP contribution in [-0.2, 0) is 0 Å². The van der Waals surface area contributed by atoms with Crippen molar-refractivity contribution in [2.24, 2.45) is 5.73 Å². The van der Waals surface area contributed by atoms with Crippen molar-refractivity contribution in [1.82, 2.24) is 4.90 Å². The molecule has 1 atom stereocenters. The van der Waals surface area contributed by atoms with Crippen molar-refractivity contribution < 1.29 is 0 Å². The Morgan fingerprint density at radius 1 is 1.58 bits per heavy atom. The van der Waals surface area contributed by atoms with Crippen LogP contribution in [0.15, 0.2) is 18.2 Å². The highest BCUT2D eigenvalue weighted by Crippen LogP contribution is 2.27. The van der Waals surface area contributed by atoms with Gasteiger partial charge in [0.05, 0.1) is 0 Å². The minimum atomic E-state index is 0.369. The van der Waals surface area contributed by atoms with Crippen LogP contribution >= 0.6 is 23.8 Å². The number of hydrogen-bond donors (Lipinski definition) is 2. The molecule has 1 unspecified atom stereocenters. The summed E-state index contributed by atoms with van der Waals surface area (Å²) < 4.78 is 0. The Bertz CT molecular complexity index is 474. The Morgan fingerprint density at radius 3 is 2.84 bits per heavy atom. The maximum Gasteiger partial charge on any atom is 0.106 e. The first-order valence-electron chi connectivity index (χ1n) is 6.54. The predicted molar refractivity (Wildman–Crippen MR) is 86.1 cm³/mol. The van der Waals surface area contributed by atoms with E-state index in [0.717, 1.165) is 23.8 Å². The van der Waals surface area contributed by atoms with Gasteiger partial charge in [0.15, 0.2) is 0 Å². The van der Waals surface area contributed by atoms with Crippen LogP contribution in [0.1, 0.15) is 25.3 Å². The maximum atomic E-state index is 5.97. The van der Waals surface area contributed by atoms with Crippen molar-refractivity contribution in [3.63, 3.8) is 0 Å². The number of benzene rings is 1. The minimum Gasteiger partial charge on any atom is -0.389 e. The number of anilines is 1. The Morgan fingerprint density at radius 2 is 2.26 bits per heavy atom. The molecule has 0 aliphatic heterocycles. The molecule has 1 aromatic carbocycles. The number of thiocarbonyl (C=S) groups is 1. The van der Waals surface area contributed by atoms with Gasteiger partial charge in [-0.25, -0.2) is 0 Å². The highest BCUT2D eigenvalue weighted by Gasteiger charge is 2.28. The van der Waals surface area contributed by atoms with Crippen molar-refractivity contribution in [2.75, 3.05) is 18.9 Å². The summed E-state index contributed by atoms with van der Waals surface area (Å²) in [4.78, 5) is 2.79. The molecule has 19 heavy (non-hydrogen) atoms. The van der Waals surface area contributed by atoms with Gasteiger partial charge in [-0.3, -0.25) is 4.90 Å². The molecule has 5 heteroatoms. The molecule has 1 fully saturated rings. The summed E-state index contributed by atoms with van der Waals surface area (Å²) in [6.07, 6.45) is 2.64. The summed E-state index contributed by atoms with van der Waals surface area (Å²) in [5.41, 5.74) is 7.49. The van der Waals surface area contributed by atoms with E-state index >= 15 is 0 Å². The highest BCUT2D eigenvalue weighted by atomic mass is 35.5. The molecule has 0 amide bonds. The molecule has 0 saturated heterocycles. The third-order valence-electron chi connectivity index (χ3n) is 3.65. The largest absolute Gasteiger partial charge is 0.389 e. The van der Waals surface area contributed by atoms with Crippen LogP contribution in [0.2, 0.25) is 5.02 Å². The van der Waals surface area contributed by atoms with E-state index in [-0.39, 0.29) is 0 Å². The Kier molecular flexibility index (Phi) is 4.66. The summed E-state index contributed by atoms with van der Waals surface area (Å²) in [6, 6.07) is 6.82. The SMILES string of the molecule is CC(CNc1ccc(Cl)cc1C(N)=S)N(C)C1CC1. The van der Waals surface area contributed by atoms with Crippen molar-refractivity contribution in [3.8, 4) is 0 Å². The van der Waals surface area contributed by atoms with Crippen LogP contribution in [0.4, 0.5) is 5.69 Å². The molecule has 1 aromatic rings. The van der Waals surface area contributed by atoms with Crippen LogP contribution in [0.25, 0.3) is 0 Å². The number of halogens is 1. The molecular weight excluding hydrogens is 278 g/mol. The summed E-state index contributed by atoms with van der Waals surface area (Å²) in [5, 5.41) is 4.07. The quantitative estimate of drug-likeness (QED) is 0.792. The summed E-state index contributed by atoms with van der Waals surface area (Å²) in [6.45, 7) is 3.09. The minimum absolute atomic E-state index is 0.369. The lowest BCUT2D eigenvalue weighted by Gasteiger charge is -2.25. The van der Waals surface area contributed by atoms with Crippen molar-refractivity contribution >= 4 is 34.5 Å². The van der Waals surface area contributed by atoms with E-state index in [1.165, 1.54) is 12.8 Å². The zero-order chi connectivity index (χ0) is 14.0. The lowest BCUT2D eigenvalue weighted by Crippen LogP contribution is -2.36. The van der Waals surface area contributed by atoms with Crippen LogP contribution < -0.4 is 11.1 Å². The van der Waals surface area contributed by atoms with Crippen molar-refractivity contribution in [2.45, 2.75) is 31.8 Å². The fraction of sp³-hybridized carbons (Fsp3) is 0.500. The van der Waals surface area contributed by atoms with E-state index in [0.29, 0.717) is 16.1 Å². The Labute approximate surface area is 125 Å². The smallest absolute Gasteiger partial charge is 0.106 e. The number of nitrogens with two attached hydrogens (primary N) is 1. The molecule has 0 radical (unpaired) electrons. The molecule has 1 aliphatic rings. The summed E-state index contributed by atoms with van der Waals surface area (Å²) in [7, 11) is 2.18. The molecule has 1 saturated carbocycles. The van der Waals surface area contributed by atoms with Crippen LogP contribution in [-0.4, -0.2) is 35.6 Å². The van der Waals surface area contributed by atoms with Gasteiger partial charge in [-0.05, 0) is 45.0 Å². The van der Waals surface area contributed by atoms with Crippen molar-refractivity contribution in [3.05, 3.63) is 28.8 Å². The molecule has 3 N–H and O–H groups in total. The normalized spacial score (nSPS) is 16.4. The molecular formula is C14H20ClN3S. The maximum absolute atomic E-state index is 5.97. The van der Waals surface area contributed by atoms with Gasteiger partial charge in [0, 0.05) is 34.9 Å². The average molecular weight is 298 g/mol. The first-order chi connectivity index (χ1) is 8.99. The first kappa shape index (κ1) is 14.6. The lowest BCUT2D eigenvalue weighted by molar-refractivity contribution is 0.257. The molecule has 0 heterocycles. The van der Waals surface area contributed by atoms with Gasteiger partial charge < -0.3 is 11.1 Å². The van der Waals surface area contributed by atoms with Gasteiger partial charge in [-0.1, -0.05) is 23.8 Å². The van der Waals surface area contributed by atoms with E-state index < -0.39 is 0 Å². The van der Waals surface area contributed by atoms with E-state index in [9.17, 15) is 0 Å². The van der Waals surface area contributed by atoms with Gasteiger partial charge in [0.1, 0.15) is 4.99 Å². The molecule has 0 aromatic heterocycles. The van der Waals surface area contributed by atoms with Gasteiger partial charge in [0.2, 0.25) is 0 Å². The average Bonchev–Trinajstić information content (AvgIpc) is 3.20. The molecule has 2 rings (SSSR count). The zero-order valence-corrected chi connectivity index (χ0v) is 12.9. The first-order valence-corrected chi connectivity index (χ1v) is 7.33. The highest BCUT2D eigenvalue weighted by molar-refractivity contribution is 7.80. The van der Waals surface area contributed by atoms with Crippen LogP contribution in [0, 0.1) is 0 Å². The van der Waals surface area contributed by atoms with E-state index in [4.69, 9.17) is 29.6 Å². The van der Waals surface area contributed by atoms with E-state index in [1.807, 2.05) is 18.2 Å². The van der Waals surface area contributed by atoms with Gasteiger partial charge >= 0.3 is 0 Å². The van der Waals surface area contributed by atoms with Gasteiger partial charge in [-0.2, -0.15) is 0 Å². The predicted octanol–water partition coefficient (Wildman–Crippen LogP) is 2.87. The topological polar surface area (TPSA) is 41.3 Å². The number of likely N-dealkylation sites (N-methyl/N-ethyl adjacent to an activating group) is 1. The van der Waals surface area contributed by atoms with Crippen LogP contribution in [0.5, 0.6) is 0 Å². The molecule has 1 aliphatic carbocycles. The molecule has 104 valence electrons. The summed E-state index contributed by atoms with van der Waals surface area (Å²) >= 11 is 11.0.